The second kappa shape index (κ2) is 15.5. The standard InChI is InChI=1S/C18H28O2/c1-2-3-4-5-6-7-8-9-10-11-12-13-14-15-16-17-18(19)20/h3-4,7-8,10-11,14-15H,2,5-6,9,12-13,16-17H2,1H3,(H,19,20). The Bertz CT molecular complexity index is 335. The van der Waals surface area contributed by atoms with Gasteiger partial charge in [-0.15, -0.1) is 0 Å². The highest BCUT2D eigenvalue weighted by Gasteiger charge is 1.90. The fourth-order valence-electron chi connectivity index (χ4n) is 1.62. The van der Waals surface area contributed by atoms with E-state index in [1.807, 2.05) is 6.08 Å². The van der Waals surface area contributed by atoms with Crippen molar-refractivity contribution in [2.24, 2.45) is 0 Å². The Morgan fingerprint density at radius 2 is 1.20 bits per heavy atom. The van der Waals surface area contributed by atoms with Crippen molar-refractivity contribution in [3.8, 4) is 0 Å². The highest BCUT2D eigenvalue weighted by molar-refractivity contribution is 5.66. The van der Waals surface area contributed by atoms with E-state index < -0.39 is 5.97 Å². The molecule has 20 heavy (non-hydrogen) atoms. The first-order valence-corrected chi connectivity index (χ1v) is 7.59. The molecule has 112 valence electrons. The van der Waals surface area contributed by atoms with Gasteiger partial charge < -0.3 is 5.11 Å². The molecule has 0 aromatic carbocycles. The number of allylic oxidation sites excluding steroid dienone is 8. The predicted octanol–water partition coefficient (Wildman–Crippen LogP) is 5.44. The molecule has 0 amide bonds. The van der Waals surface area contributed by atoms with E-state index in [2.05, 4.69) is 49.5 Å². The van der Waals surface area contributed by atoms with Gasteiger partial charge in [0.15, 0.2) is 0 Å². The maximum atomic E-state index is 10.3. The van der Waals surface area contributed by atoms with Crippen LogP contribution in [0, 0.1) is 0 Å². The van der Waals surface area contributed by atoms with Crippen LogP contribution in [0.3, 0.4) is 0 Å². The zero-order chi connectivity index (χ0) is 14.9. The third-order valence-corrected chi connectivity index (χ3v) is 2.70. The summed E-state index contributed by atoms with van der Waals surface area (Å²) >= 11 is 0. The fraction of sp³-hybridized carbons (Fsp3) is 0.500. The van der Waals surface area contributed by atoms with Gasteiger partial charge in [-0.1, -0.05) is 55.5 Å². The van der Waals surface area contributed by atoms with E-state index in [1.165, 1.54) is 0 Å². The van der Waals surface area contributed by atoms with E-state index >= 15 is 0 Å². The van der Waals surface area contributed by atoms with Gasteiger partial charge in [0.2, 0.25) is 0 Å². The van der Waals surface area contributed by atoms with Crippen molar-refractivity contribution in [2.45, 2.75) is 58.3 Å². The summed E-state index contributed by atoms with van der Waals surface area (Å²) in [5, 5.41) is 8.46. The average molecular weight is 276 g/mol. The molecule has 0 aliphatic carbocycles. The van der Waals surface area contributed by atoms with E-state index in [0.29, 0.717) is 6.42 Å². The number of hydrogen-bond donors (Lipinski definition) is 1. The van der Waals surface area contributed by atoms with Crippen LogP contribution < -0.4 is 0 Å². The lowest BCUT2D eigenvalue weighted by atomic mass is 10.2. The first-order chi connectivity index (χ1) is 9.77. The Hall–Kier alpha value is -1.57. The SMILES string of the molecule is CCC=CCCC=CCC=CCCC=CCCC(=O)O. The monoisotopic (exact) mass is 276 g/mol. The minimum atomic E-state index is -0.730. The molecule has 0 aromatic rings. The molecule has 0 spiro atoms. The zero-order valence-corrected chi connectivity index (χ0v) is 12.6. The number of unbranched alkanes of at least 4 members (excludes halogenated alkanes) is 2. The summed E-state index contributed by atoms with van der Waals surface area (Å²) < 4.78 is 0. The Morgan fingerprint density at radius 1 is 0.750 bits per heavy atom. The third kappa shape index (κ3) is 16.4. The van der Waals surface area contributed by atoms with Crippen molar-refractivity contribution >= 4 is 5.97 Å². The van der Waals surface area contributed by atoms with Gasteiger partial charge in [0.1, 0.15) is 0 Å². The summed E-state index contributed by atoms with van der Waals surface area (Å²) in [7, 11) is 0. The van der Waals surface area contributed by atoms with E-state index in [4.69, 9.17) is 5.11 Å². The van der Waals surface area contributed by atoms with E-state index in [9.17, 15) is 4.79 Å². The predicted molar refractivity (Wildman–Crippen MR) is 86.8 cm³/mol. The average Bonchev–Trinajstić information content (AvgIpc) is 2.43. The van der Waals surface area contributed by atoms with Crippen molar-refractivity contribution < 1.29 is 9.90 Å². The normalized spacial score (nSPS) is 12.4. The molecule has 0 aliphatic rings. The lowest BCUT2D eigenvalue weighted by Gasteiger charge is -1.89. The smallest absolute Gasteiger partial charge is 0.303 e. The Morgan fingerprint density at radius 3 is 1.70 bits per heavy atom. The van der Waals surface area contributed by atoms with Crippen LogP contribution in [0.5, 0.6) is 0 Å². The van der Waals surface area contributed by atoms with Crippen LogP contribution in [0.4, 0.5) is 0 Å². The van der Waals surface area contributed by atoms with E-state index in [0.717, 1.165) is 38.5 Å². The minimum absolute atomic E-state index is 0.227. The van der Waals surface area contributed by atoms with E-state index in [1.54, 1.807) is 0 Å². The van der Waals surface area contributed by atoms with Gasteiger partial charge in [-0.3, -0.25) is 4.79 Å². The number of hydrogen-bond acceptors (Lipinski definition) is 1. The number of rotatable bonds is 12. The molecule has 0 rings (SSSR count). The Labute approximate surface area is 123 Å². The first kappa shape index (κ1) is 18.4. The van der Waals surface area contributed by atoms with Crippen LogP contribution in [0.2, 0.25) is 0 Å². The molecule has 0 atom stereocenters. The topological polar surface area (TPSA) is 37.3 Å². The van der Waals surface area contributed by atoms with Crippen molar-refractivity contribution in [1.29, 1.82) is 0 Å². The molecule has 0 aliphatic heterocycles. The van der Waals surface area contributed by atoms with Crippen LogP contribution in [0.15, 0.2) is 48.6 Å². The maximum absolute atomic E-state index is 10.3. The molecule has 1 N–H and O–H groups in total. The van der Waals surface area contributed by atoms with Crippen LogP contribution >= 0.6 is 0 Å². The lowest BCUT2D eigenvalue weighted by Crippen LogP contribution is -1.91. The van der Waals surface area contributed by atoms with Gasteiger partial charge in [-0.25, -0.2) is 0 Å². The van der Waals surface area contributed by atoms with Crippen molar-refractivity contribution in [2.75, 3.05) is 0 Å². The van der Waals surface area contributed by atoms with Gasteiger partial charge in [-0.2, -0.15) is 0 Å². The second-order valence-electron chi connectivity index (χ2n) is 4.62. The first-order valence-electron chi connectivity index (χ1n) is 7.59. The minimum Gasteiger partial charge on any atom is -0.481 e. The zero-order valence-electron chi connectivity index (χ0n) is 12.6. The molecule has 0 heterocycles. The third-order valence-electron chi connectivity index (χ3n) is 2.70. The van der Waals surface area contributed by atoms with Gasteiger partial charge >= 0.3 is 5.97 Å². The van der Waals surface area contributed by atoms with Gasteiger partial charge in [-0.05, 0) is 44.9 Å². The molecular weight excluding hydrogens is 248 g/mol. The van der Waals surface area contributed by atoms with Gasteiger partial charge in [0.05, 0.1) is 0 Å². The molecule has 0 saturated heterocycles. The van der Waals surface area contributed by atoms with Crippen LogP contribution in [-0.4, -0.2) is 11.1 Å². The molecule has 0 fully saturated rings. The summed E-state index contributed by atoms with van der Waals surface area (Å²) in [6, 6.07) is 0. The number of carboxylic acid groups (broad SMARTS) is 1. The molecule has 2 nitrogen and oxygen atoms in total. The fourth-order valence-corrected chi connectivity index (χ4v) is 1.62. The number of carbonyl (C=O) groups is 1. The summed E-state index contributed by atoms with van der Waals surface area (Å²) in [5.74, 6) is -0.730. The maximum Gasteiger partial charge on any atom is 0.303 e. The molecule has 0 unspecified atom stereocenters. The van der Waals surface area contributed by atoms with Crippen molar-refractivity contribution in [3.63, 3.8) is 0 Å². The molecule has 2 heteroatoms. The summed E-state index contributed by atoms with van der Waals surface area (Å²) in [5.41, 5.74) is 0. The van der Waals surface area contributed by atoms with Crippen LogP contribution in [0.25, 0.3) is 0 Å². The highest BCUT2D eigenvalue weighted by Crippen LogP contribution is 1.99. The summed E-state index contributed by atoms with van der Waals surface area (Å²) in [6.07, 6.45) is 24.5. The van der Waals surface area contributed by atoms with Crippen LogP contribution in [-0.2, 0) is 4.79 Å². The molecule has 0 saturated carbocycles. The van der Waals surface area contributed by atoms with Crippen LogP contribution in [0.1, 0.15) is 58.3 Å². The molecule has 0 aromatic heterocycles. The Kier molecular flexibility index (Phi) is 14.3. The second-order valence-corrected chi connectivity index (χ2v) is 4.62. The largest absolute Gasteiger partial charge is 0.481 e. The van der Waals surface area contributed by atoms with Gasteiger partial charge in [0, 0.05) is 6.42 Å². The van der Waals surface area contributed by atoms with E-state index in [-0.39, 0.29) is 6.42 Å². The quantitative estimate of drug-likeness (QED) is 0.381. The van der Waals surface area contributed by atoms with Gasteiger partial charge in [0.25, 0.3) is 0 Å². The Balaban J connectivity index is 3.37. The number of aliphatic carboxylic acids is 1. The summed E-state index contributed by atoms with van der Waals surface area (Å²) in [6.45, 7) is 2.15. The molecule has 0 bridgehead atoms. The molecule has 0 radical (unpaired) electrons. The van der Waals surface area contributed by atoms with Crippen molar-refractivity contribution in [3.05, 3.63) is 48.6 Å². The van der Waals surface area contributed by atoms with Crippen molar-refractivity contribution in [1.82, 2.24) is 0 Å². The summed E-state index contributed by atoms with van der Waals surface area (Å²) in [4.78, 5) is 10.3. The lowest BCUT2D eigenvalue weighted by molar-refractivity contribution is -0.136. The highest BCUT2D eigenvalue weighted by atomic mass is 16.4. The number of carboxylic acids is 1. The molecular formula is C18H28O2.